The maximum Gasteiger partial charge on any atom is 0.310 e. The Morgan fingerprint density at radius 1 is 1.28 bits per heavy atom. The van der Waals surface area contributed by atoms with Crippen molar-refractivity contribution in [1.82, 2.24) is 0 Å². The van der Waals surface area contributed by atoms with Crippen LogP contribution in [0.3, 0.4) is 0 Å². The minimum absolute atomic E-state index is 0.00463. The zero-order chi connectivity index (χ0) is 13.4. The maximum absolute atomic E-state index is 10.3. The van der Waals surface area contributed by atoms with E-state index in [1.165, 1.54) is 19.4 Å². The molecule has 0 aliphatic carbocycles. The van der Waals surface area contributed by atoms with E-state index in [0.29, 0.717) is 12.0 Å². The van der Waals surface area contributed by atoms with Gasteiger partial charge in [0.05, 0.1) is 18.3 Å². The molecule has 0 fully saturated rings. The van der Waals surface area contributed by atoms with E-state index in [4.69, 9.17) is 4.74 Å². The Morgan fingerprint density at radius 3 is 2.39 bits per heavy atom. The molecule has 0 unspecified atom stereocenters. The van der Waals surface area contributed by atoms with Crippen LogP contribution in [-0.4, -0.2) is 18.3 Å². The third-order valence-corrected chi connectivity index (χ3v) is 1.94. The first-order valence-electron chi connectivity index (χ1n) is 4.95. The number of carbonyl (C=O) groups is 1. The fraction of sp³-hybridized carbons (Fsp3) is 0.0833. The Hall–Kier alpha value is -2.63. The SMILES string of the molecule is COc1ccccc1[N+](=O)[O-].O=Cc1ccco1. The monoisotopic (exact) mass is 249 g/mol. The van der Waals surface area contributed by atoms with E-state index in [1.807, 2.05) is 0 Å². The predicted octanol–water partition coefficient (Wildman–Crippen LogP) is 2.70. The van der Waals surface area contributed by atoms with Crippen LogP contribution in [0.25, 0.3) is 0 Å². The average Bonchev–Trinajstić information content (AvgIpc) is 2.92. The quantitative estimate of drug-likeness (QED) is 0.474. The smallest absolute Gasteiger partial charge is 0.310 e. The third kappa shape index (κ3) is 3.75. The number of ether oxygens (including phenoxy) is 1. The van der Waals surface area contributed by atoms with Gasteiger partial charge in [0.1, 0.15) is 0 Å². The van der Waals surface area contributed by atoms with E-state index in [2.05, 4.69) is 4.42 Å². The molecule has 2 aromatic rings. The first-order chi connectivity index (χ1) is 8.69. The van der Waals surface area contributed by atoms with Crippen LogP contribution in [0.4, 0.5) is 5.69 Å². The summed E-state index contributed by atoms with van der Waals surface area (Å²) in [6.07, 6.45) is 2.13. The average molecular weight is 249 g/mol. The van der Waals surface area contributed by atoms with Gasteiger partial charge >= 0.3 is 5.69 Å². The molecule has 6 heteroatoms. The second kappa shape index (κ2) is 6.85. The molecule has 0 saturated carbocycles. The summed E-state index contributed by atoms with van der Waals surface area (Å²) in [6.45, 7) is 0. The Balaban J connectivity index is 0.000000199. The lowest BCUT2D eigenvalue weighted by Crippen LogP contribution is -1.92. The van der Waals surface area contributed by atoms with Crippen molar-refractivity contribution in [3.8, 4) is 5.75 Å². The van der Waals surface area contributed by atoms with Gasteiger partial charge in [-0.3, -0.25) is 14.9 Å². The van der Waals surface area contributed by atoms with Gasteiger partial charge in [0.25, 0.3) is 0 Å². The zero-order valence-corrected chi connectivity index (χ0v) is 9.61. The summed E-state index contributed by atoms with van der Waals surface area (Å²) in [4.78, 5) is 19.6. The minimum Gasteiger partial charge on any atom is -0.490 e. The van der Waals surface area contributed by atoms with Crippen LogP contribution < -0.4 is 4.74 Å². The molecule has 0 aliphatic heterocycles. The Bertz CT molecular complexity index is 507. The van der Waals surface area contributed by atoms with Gasteiger partial charge in [-0.05, 0) is 18.2 Å². The summed E-state index contributed by atoms with van der Waals surface area (Å²) < 4.78 is 9.38. The first kappa shape index (κ1) is 13.4. The van der Waals surface area contributed by atoms with Crippen molar-refractivity contribution in [3.05, 3.63) is 58.5 Å². The van der Waals surface area contributed by atoms with Gasteiger partial charge in [0.2, 0.25) is 0 Å². The molecule has 2 rings (SSSR count). The topological polar surface area (TPSA) is 82.6 Å². The number of rotatable bonds is 3. The molecule has 0 spiro atoms. The van der Waals surface area contributed by atoms with Crippen LogP contribution in [0.2, 0.25) is 0 Å². The largest absolute Gasteiger partial charge is 0.490 e. The number of para-hydroxylation sites is 2. The number of aldehydes is 1. The van der Waals surface area contributed by atoms with E-state index in [-0.39, 0.29) is 11.4 Å². The second-order valence-electron chi connectivity index (χ2n) is 3.06. The Labute approximate surface area is 103 Å². The van der Waals surface area contributed by atoms with Crippen molar-refractivity contribution in [2.75, 3.05) is 7.11 Å². The molecule has 1 aromatic carbocycles. The van der Waals surface area contributed by atoms with Gasteiger partial charge in [-0.2, -0.15) is 0 Å². The van der Waals surface area contributed by atoms with Crippen molar-refractivity contribution < 1.29 is 18.9 Å². The van der Waals surface area contributed by atoms with Gasteiger partial charge in [-0.1, -0.05) is 12.1 Å². The first-order valence-corrected chi connectivity index (χ1v) is 4.95. The van der Waals surface area contributed by atoms with Crippen molar-refractivity contribution >= 4 is 12.0 Å². The number of methoxy groups -OCH3 is 1. The molecule has 0 amide bonds. The summed E-state index contributed by atoms with van der Waals surface area (Å²) in [7, 11) is 1.41. The molecular formula is C12H11NO5. The number of carbonyl (C=O) groups excluding carboxylic acids is 1. The molecule has 18 heavy (non-hydrogen) atoms. The number of benzene rings is 1. The van der Waals surface area contributed by atoms with Crippen LogP contribution >= 0.6 is 0 Å². The van der Waals surface area contributed by atoms with Gasteiger partial charge in [-0.15, -0.1) is 0 Å². The van der Waals surface area contributed by atoms with Crippen molar-refractivity contribution in [1.29, 1.82) is 0 Å². The van der Waals surface area contributed by atoms with E-state index >= 15 is 0 Å². The van der Waals surface area contributed by atoms with Crippen LogP contribution in [0.5, 0.6) is 5.75 Å². The number of nitro groups is 1. The highest BCUT2D eigenvalue weighted by atomic mass is 16.6. The van der Waals surface area contributed by atoms with Gasteiger partial charge < -0.3 is 9.15 Å². The molecule has 1 aromatic heterocycles. The highest BCUT2D eigenvalue weighted by Gasteiger charge is 2.11. The summed E-state index contributed by atoms with van der Waals surface area (Å²) in [6, 6.07) is 9.51. The van der Waals surface area contributed by atoms with Gasteiger partial charge in [-0.25, -0.2) is 0 Å². The van der Waals surface area contributed by atoms with Crippen molar-refractivity contribution in [2.24, 2.45) is 0 Å². The molecule has 0 bridgehead atoms. The predicted molar refractivity (Wildman–Crippen MR) is 63.7 cm³/mol. The fourth-order valence-electron chi connectivity index (χ4n) is 1.14. The van der Waals surface area contributed by atoms with E-state index in [1.54, 1.807) is 30.3 Å². The number of hydrogen-bond acceptors (Lipinski definition) is 5. The van der Waals surface area contributed by atoms with Crippen LogP contribution in [0, 0.1) is 10.1 Å². The molecule has 0 saturated heterocycles. The van der Waals surface area contributed by atoms with Crippen LogP contribution in [0.15, 0.2) is 47.1 Å². The highest BCUT2D eigenvalue weighted by molar-refractivity contribution is 5.69. The number of nitro benzene ring substituents is 1. The van der Waals surface area contributed by atoms with Crippen molar-refractivity contribution in [2.45, 2.75) is 0 Å². The molecule has 6 nitrogen and oxygen atoms in total. The molecular weight excluding hydrogens is 238 g/mol. The van der Waals surface area contributed by atoms with Crippen LogP contribution in [0.1, 0.15) is 10.6 Å². The summed E-state index contributed by atoms with van der Waals surface area (Å²) in [5, 5.41) is 10.3. The lowest BCUT2D eigenvalue weighted by Gasteiger charge is -1.98. The molecule has 0 radical (unpaired) electrons. The lowest BCUT2D eigenvalue weighted by molar-refractivity contribution is -0.385. The number of hydrogen-bond donors (Lipinski definition) is 0. The summed E-state index contributed by atoms with van der Waals surface area (Å²) in [5.74, 6) is 0.664. The molecule has 0 aliphatic rings. The highest BCUT2D eigenvalue weighted by Crippen LogP contribution is 2.24. The maximum atomic E-state index is 10.3. The van der Waals surface area contributed by atoms with Gasteiger partial charge in [0.15, 0.2) is 17.8 Å². The zero-order valence-electron chi connectivity index (χ0n) is 9.61. The molecule has 0 atom stereocenters. The number of furan rings is 1. The summed E-state index contributed by atoms with van der Waals surface area (Å²) >= 11 is 0. The summed E-state index contributed by atoms with van der Waals surface area (Å²) in [5.41, 5.74) is -0.00463. The molecule has 94 valence electrons. The molecule has 0 N–H and O–H groups in total. The third-order valence-electron chi connectivity index (χ3n) is 1.94. The number of nitrogens with zero attached hydrogens (tertiary/aromatic N) is 1. The van der Waals surface area contributed by atoms with E-state index in [9.17, 15) is 14.9 Å². The second-order valence-corrected chi connectivity index (χ2v) is 3.06. The van der Waals surface area contributed by atoms with E-state index in [0.717, 1.165) is 0 Å². The van der Waals surface area contributed by atoms with E-state index < -0.39 is 4.92 Å². The minimum atomic E-state index is -0.473. The standard InChI is InChI=1S/C7H7NO3.C5H4O2/c1-11-7-5-3-2-4-6(7)8(9)10;6-4-5-2-1-3-7-5/h2-5H,1H3;1-4H. The molecule has 1 heterocycles. The Kier molecular flexibility index (Phi) is 5.11. The van der Waals surface area contributed by atoms with Crippen molar-refractivity contribution in [3.63, 3.8) is 0 Å². The fourth-order valence-corrected chi connectivity index (χ4v) is 1.14. The lowest BCUT2D eigenvalue weighted by atomic mass is 10.3. The normalized spacial score (nSPS) is 8.94. The van der Waals surface area contributed by atoms with Gasteiger partial charge in [0, 0.05) is 6.07 Å². The van der Waals surface area contributed by atoms with Crippen LogP contribution in [-0.2, 0) is 0 Å². The Morgan fingerprint density at radius 2 is 2.00 bits per heavy atom.